The first-order valence-corrected chi connectivity index (χ1v) is 6.22. The van der Waals surface area contributed by atoms with Gasteiger partial charge in [-0.05, 0) is 24.3 Å². The zero-order valence-corrected chi connectivity index (χ0v) is 10.5. The number of rotatable bonds is 4. The Labute approximate surface area is 108 Å². The maximum Gasteiger partial charge on any atom is 0.339 e. The zero-order valence-electron chi connectivity index (χ0n) is 9.70. The Balaban J connectivity index is 2.12. The van der Waals surface area contributed by atoms with Crippen molar-refractivity contribution in [3.63, 3.8) is 0 Å². The third-order valence-electron chi connectivity index (χ3n) is 2.50. The molecule has 18 heavy (non-hydrogen) atoms. The van der Waals surface area contributed by atoms with Gasteiger partial charge in [0.25, 0.3) is 0 Å². The van der Waals surface area contributed by atoms with E-state index in [1.165, 1.54) is 18.0 Å². The lowest BCUT2D eigenvalue weighted by molar-refractivity contribution is 0.0696. The van der Waals surface area contributed by atoms with Crippen LogP contribution in [0.4, 0.5) is 0 Å². The third-order valence-corrected chi connectivity index (χ3v) is 3.53. The third kappa shape index (κ3) is 2.65. The van der Waals surface area contributed by atoms with Crippen LogP contribution >= 0.6 is 11.8 Å². The summed E-state index contributed by atoms with van der Waals surface area (Å²) in [7, 11) is 1.72. The first-order chi connectivity index (χ1) is 8.58. The van der Waals surface area contributed by atoms with Gasteiger partial charge in [-0.15, -0.1) is 11.8 Å². The minimum absolute atomic E-state index is 0.214. The molecule has 0 atom stereocenters. The van der Waals surface area contributed by atoms with Crippen molar-refractivity contribution < 1.29 is 15.0 Å². The topological polar surface area (TPSA) is 75.4 Å². The van der Waals surface area contributed by atoms with E-state index in [1.807, 2.05) is 0 Å². The normalized spacial score (nSPS) is 10.5. The van der Waals surface area contributed by atoms with Crippen LogP contribution in [-0.2, 0) is 12.8 Å². The molecule has 94 valence electrons. The molecule has 0 aliphatic heterocycles. The number of carboxylic acid groups (broad SMARTS) is 1. The van der Waals surface area contributed by atoms with E-state index in [0.29, 0.717) is 11.4 Å². The zero-order chi connectivity index (χ0) is 13.1. The molecule has 5 nitrogen and oxygen atoms in total. The Morgan fingerprint density at radius 3 is 2.67 bits per heavy atom. The number of aromatic nitrogens is 2. The predicted molar refractivity (Wildman–Crippen MR) is 67.8 cm³/mol. The maximum atomic E-state index is 11.0. The van der Waals surface area contributed by atoms with Crippen LogP contribution in [-0.4, -0.2) is 26.0 Å². The van der Waals surface area contributed by atoms with Crippen molar-refractivity contribution in [3.8, 4) is 5.75 Å². The fourth-order valence-electron chi connectivity index (χ4n) is 1.51. The molecule has 1 aromatic carbocycles. The lowest BCUT2D eigenvalue weighted by Crippen LogP contribution is -2.03. The number of hydrogen-bond donors (Lipinski definition) is 2. The van der Waals surface area contributed by atoms with Gasteiger partial charge in [0.05, 0.1) is 11.9 Å². The molecule has 0 amide bonds. The van der Waals surface area contributed by atoms with Crippen molar-refractivity contribution in [2.75, 3.05) is 0 Å². The summed E-state index contributed by atoms with van der Waals surface area (Å²) in [6.07, 6.45) is 1.36. The van der Waals surface area contributed by atoms with Gasteiger partial charge in [-0.25, -0.2) is 4.79 Å². The lowest BCUT2D eigenvalue weighted by Gasteiger charge is -2.04. The molecule has 2 rings (SSSR count). The number of aromatic hydroxyl groups is 1. The number of thioether (sulfide) groups is 1. The Morgan fingerprint density at radius 1 is 1.39 bits per heavy atom. The minimum Gasteiger partial charge on any atom is -0.508 e. The standard InChI is InChI=1S/C12H12N2O3S/c1-14-11(10(6-13-14)12(16)17)7-18-9-4-2-8(15)3-5-9/h2-6,15H,7H2,1H3,(H,16,17). The summed E-state index contributed by atoms with van der Waals surface area (Å²) >= 11 is 1.50. The Kier molecular flexibility index (Phi) is 3.57. The summed E-state index contributed by atoms with van der Waals surface area (Å²) in [6, 6.07) is 6.78. The second kappa shape index (κ2) is 5.14. The van der Waals surface area contributed by atoms with Crippen LogP contribution in [0.2, 0.25) is 0 Å². The van der Waals surface area contributed by atoms with E-state index in [2.05, 4.69) is 5.10 Å². The van der Waals surface area contributed by atoms with Crippen molar-refractivity contribution in [2.24, 2.45) is 7.05 Å². The van der Waals surface area contributed by atoms with Crippen molar-refractivity contribution in [3.05, 3.63) is 41.7 Å². The van der Waals surface area contributed by atoms with E-state index < -0.39 is 5.97 Å². The van der Waals surface area contributed by atoms with Gasteiger partial charge in [0.2, 0.25) is 0 Å². The Bertz CT molecular complexity index is 563. The van der Waals surface area contributed by atoms with Gasteiger partial charge < -0.3 is 10.2 Å². The summed E-state index contributed by atoms with van der Waals surface area (Å²) in [4.78, 5) is 12.0. The van der Waals surface area contributed by atoms with E-state index in [1.54, 1.807) is 36.0 Å². The molecule has 0 saturated carbocycles. The molecule has 0 bridgehead atoms. The minimum atomic E-state index is -0.968. The van der Waals surface area contributed by atoms with E-state index in [0.717, 1.165) is 4.90 Å². The van der Waals surface area contributed by atoms with Crippen LogP contribution in [0.15, 0.2) is 35.4 Å². The summed E-state index contributed by atoms with van der Waals surface area (Å²) in [5.74, 6) is -0.237. The highest BCUT2D eigenvalue weighted by molar-refractivity contribution is 7.98. The SMILES string of the molecule is Cn1ncc(C(=O)O)c1CSc1ccc(O)cc1. The Morgan fingerprint density at radius 2 is 2.06 bits per heavy atom. The fraction of sp³-hybridized carbons (Fsp3) is 0.167. The smallest absolute Gasteiger partial charge is 0.339 e. The molecule has 0 aliphatic carbocycles. The first kappa shape index (κ1) is 12.5. The summed E-state index contributed by atoms with van der Waals surface area (Å²) in [5, 5.41) is 22.1. The lowest BCUT2D eigenvalue weighted by atomic mass is 10.3. The fourth-order valence-corrected chi connectivity index (χ4v) is 2.48. The highest BCUT2D eigenvalue weighted by Gasteiger charge is 2.14. The number of carbonyl (C=O) groups is 1. The van der Waals surface area contributed by atoms with Gasteiger partial charge in [-0.2, -0.15) is 5.10 Å². The number of aryl methyl sites for hydroxylation is 1. The summed E-state index contributed by atoms with van der Waals surface area (Å²) in [6.45, 7) is 0. The highest BCUT2D eigenvalue weighted by Crippen LogP contribution is 2.25. The average molecular weight is 264 g/mol. The molecule has 1 aromatic heterocycles. The number of phenols is 1. The van der Waals surface area contributed by atoms with E-state index in [-0.39, 0.29) is 11.3 Å². The number of phenolic OH excluding ortho intramolecular Hbond substituents is 1. The maximum absolute atomic E-state index is 11.0. The first-order valence-electron chi connectivity index (χ1n) is 5.24. The molecule has 1 heterocycles. The largest absolute Gasteiger partial charge is 0.508 e. The molecule has 0 radical (unpaired) electrons. The molecule has 2 aromatic rings. The van der Waals surface area contributed by atoms with Crippen molar-refractivity contribution in [2.45, 2.75) is 10.6 Å². The second-order valence-corrected chi connectivity index (χ2v) is 4.77. The van der Waals surface area contributed by atoms with Gasteiger partial charge in [0.15, 0.2) is 0 Å². The van der Waals surface area contributed by atoms with Gasteiger partial charge in [0, 0.05) is 17.7 Å². The molecular formula is C12H12N2O3S. The molecule has 2 N–H and O–H groups in total. The number of benzene rings is 1. The average Bonchev–Trinajstić information content (AvgIpc) is 2.70. The molecule has 0 aliphatic rings. The quantitative estimate of drug-likeness (QED) is 0.827. The van der Waals surface area contributed by atoms with Crippen LogP contribution in [0.3, 0.4) is 0 Å². The number of hydrogen-bond acceptors (Lipinski definition) is 4. The van der Waals surface area contributed by atoms with Crippen LogP contribution in [0.5, 0.6) is 5.75 Å². The summed E-state index contributed by atoms with van der Waals surface area (Å²) < 4.78 is 1.57. The number of nitrogens with zero attached hydrogens (tertiary/aromatic N) is 2. The number of carboxylic acids is 1. The van der Waals surface area contributed by atoms with Crippen molar-refractivity contribution in [1.82, 2.24) is 9.78 Å². The molecule has 6 heteroatoms. The van der Waals surface area contributed by atoms with Gasteiger partial charge >= 0.3 is 5.97 Å². The van der Waals surface area contributed by atoms with Gasteiger partial charge in [-0.3, -0.25) is 4.68 Å². The van der Waals surface area contributed by atoms with Crippen LogP contribution in [0.25, 0.3) is 0 Å². The monoisotopic (exact) mass is 264 g/mol. The molecule has 0 unspecified atom stereocenters. The Hall–Kier alpha value is -1.95. The van der Waals surface area contributed by atoms with Crippen molar-refractivity contribution in [1.29, 1.82) is 0 Å². The van der Waals surface area contributed by atoms with Crippen LogP contribution in [0.1, 0.15) is 16.1 Å². The molecule has 0 fully saturated rings. The predicted octanol–water partition coefficient (Wildman–Crippen LogP) is 2.12. The summed E-state index contributed by atoms with van der Waals surface area (Å²) in [5.41, 5.74) is 0.893. The van der Waals surface area contributed by atoms with E-state index >= 15 is 0 Å². The molecular weight excluding hydrogens is 252 g/mol. The van der Waals surface area contributed by atoms with E-state index in [4.69, 9.17) is 10.2 Å². The molecule has 0 spiro atoms. The van der Waals surface area contributed by atoms with Gasteiger partial charge in [0.1, 0.15) is 11.3 Å². The van der Waals surface area contributed by atoms with Gasteiger partial charge in [-0.1, -0.05) is 0 Å². The van der Waals surface area contributed by atoms with E-state index in [9.17, 15) is 4.79 Å². The number of aromatic carboxylic acids is 1. The highest BCUT2D eigenvalue weighted by atomic mass is 32.2. The van der Waals surface area contributed by atoms with Crippen LogP contribution in [0, 0.1) is 0 Å². The van der Waals surface area contributed by atoms with Crippen LogP contribution < -0.4 is 0 Å². The second-order valence-electron chi connectivity index (χ2n) is 3.72. The van der Waals surface area contributed by atoms with Crippen molar-refractivity contribution >= 4 is 17.7 Å². The molecule has 0 saturated heterocycles.